The number of rotatable bonds is 2. The molecule has 0 aliphatic rings. The van der Waals surface area contributed by atoms with E-state index in [1.54, 1.807) is 0 Å². The van der Waals surface area contributed by atoms with E-state index in [0.717, 1.165) is 16.8 Å². The van der Waals surface area contributed by atoms with Gasteiger partial charge in [0.1, 0.15) is 5.60 Å². The van der Waals surface area contributed by atoms with E-state index in [9.17, 15) is 4.79 Å². The zero-order valence-corrected chi connectivity index (χ0v) is 12.0. The molecule has 3 heteroatoms. The molecule has 2 aromatic carbocycles. The summed E-state index contributed by atoms with van der Waals surface area (Å²) in [7, 11) is 0. The van der Waals surface area contributed by atoms with Crippen LogP contribution >= 0.6 is 0 Å². The number of anilines is 1. The first-order chi connectivity index (χ1) is 9.44. The molecule has 3 nitrogen and oxygen atoms in total. The SMILES string of the molecule is CC(C)(C)OC(=O)Nc1cccc(-c2ccccc2)c1. The first-order valence-electron chi connectivity index (χ1n) is 6.59. The Balaban J connectivity index is 2.13. The maximum Gasteiger partial charge on any atom is 0.412 e. The molecule has 0 saturated heterocycles. The number of carbonyl (C=O) groups excluding carboxylic acids is 1. The minimum absolute atomic E-state index is 0.442. The molecule has 0 fully saturated rings. The first kappa shape index (κ1) is 14.1. The van der Waals surface area contributed by atoms with Crippen LogP contribution in [0.2, 0.25) is 0 Å². The molecule has 0 spiro atoms. The molecule has 0 aromatic heterocycles. The molecule has 0 heterocycles. The Morgan fingerprint density at radius 2 is 1.60 bits per heavy atom. The molecule has 1 N–H and O–H groups in total. The van der Waals surface area contributed by atoms with Gasteiger partial charge >= 0.3 is 6.09 Å². The summed E-state index contributed by atoms with van der Waals surface area (Å²) in [5.74, 6) is 0. The van der Waals surface area contributed by atoms with Crippen LogP contribution in [-0.2, 0) is 4.74 Å². The minimum atomic E-state index is -0.499. The molecule has 0 bridgehead atoms. The van der Waals surface area contributed by atoms with Crippen LogP contribution in [0.3, 0.4) is 0 Å². The maximum absolute atomic E-state index is 11.7. The maximum atomic E-state index is 11.7. The molecular formula is C17H19NO2. The quantitative estimate of drug-likeness (QED) is 0.858. The lowest BCUT2D eigenvalue weighted by Gasteiger charge is -2.19. The average molecular weight is 269 g/mol. The van der Waals surface area contributed by atoms with Crippen LogP contribution in [0.5, 0.6) is 0 Å². The predicted molar refractivity (Wildman–Crippen MR) is 81.7 cm³/mol. The van der Waals surface area contributed by atoms with Gasteiger partial charge in [-0.1, -0.05) is 42.5 Å². The summed E-state index contributed by atoms with van der Waals surface area (Å²) >= 11 is 0. The molecule has 0 aliphatic carbocycles. The Labute approximate surface area is 119 Å². The van der Waals surface area contributed by atoms with Gasteiger partial charge in [0.15, 0.2) is 0 Å². The summed E-state index contributed by atoms with van der Waals surface area (Å²) < 4.78 is 5.24. The second-order valence-corrected chi connectivity index (χ2v) is 5.57. The van der Waals surface area contributed by atoms with Gasteiger partial charge in [-0.15, -0.1) is 0 Å². The Hall–Kier alpha value is -2.29. The van der Waals surface area contributed by atoms with Gasteiger partial charge < -0.3 is 4.74 Å². The highest BCUT2D eigenvalue weighted by Crippen LogP contribution is 2.22. The van der Waals surface area contributed by atoms with Crippen molar-refractivity contribution in [2.45, 2.75) is 26.4 Å². The lowest BCUT2D eigenvalue weighted by Crippen LogP contribution is -2.27. The molecule has 0 saturated carbocycles. The predicted octanol–water partition coefficient (Wildman–Crippen LogP) is 4.70. The Bertz CT molecular complexity index is 585. The topological polar surface area (TPSA) is 38.3 Å². The number of nitrogens with one attached hydrogen (secondary N) is 1. The van der Waals surface area contributed by atoms with E-state index >= 15 is 0 Å². The van der Waals surface area contributed by atoms with Gasteiger partial charge in [-0.2, -0.15) is 0 Å². The zero-order chi connectivity index (χ0) is 14.6. The van der Waals surface area contributed by atoms with Crippen LogP contribution in [0.15, 0.2) is 54.6 Å². The van der Waals surface area contributed by atoms with E-state index in [1.165, 1.54) is 0 Å². The van der Waals surface area contributed by atoms with Gasteiger partial charge in [0, 0.05) is 5.69 Å². The second kappa shape index (κ2) is 5.78. The summed E-state index contributed by atoms with van der Waals surface area (Å²) in [5, 5.41) is 2.75. The molecule has 0 aliphatic heterocycles. The van der Waals surface area contributed by atoms with Crippen molar-refractivity contribution in [3.63, 3.8) is 0 Å². The number of carbonyl (C=O) groups is 1. The zero-order valence-electron chi connectivity index (χ0n) is 12.0. The van der Waals surface area contributed by atoms with Gasteiger partial charge in [0.2, 0.25) is 0 Å². The monoisotopic (exact) mass is 269 g/mol. The van der Waals surface area contributed by atoms with E-state index in [-0.39, 0.29) is 0 Å². The number of ether oxygens (including phenoxy) is 1. The highest BCUT2D eigenvalue weighted by atomic mass is 16.6. The van der Waals surface area contributed by atoms with E-state index < -0.39 is 11.7 Å². The Kier molecular flexibility index (Phi) is 4.08. The normalized spacial score (nSPS) is 10.9. The van der Waals surface area contributed by atoms with Gasteiger partial charge in [-0.25, -0.2) is 4.79 Å². The van der Waals surface area contributed by atoms with Crippen molar-refractivity contribution in [3.05, 3.63) is 54.6 Å². The lowest BCUT2D eigenvalue weighted by atomic mass is 10.1. The molecule has 2 rings (SSSR count). The third kappa shape index (κ3) is 4.12. The molecular weight excluding hydrogens is 250 g/mol. The molecule has 1 amide bonds. The van der Waals surface area contributed by atoms with Crippen molar-refractivity contribution < 1.29 is 9.53 Å². The van der Waals surface area contributed by atoms with Gasteiger partial charge in [0.25, 0.3) is 0 Å². The summed E-state index contributed by atoms with van der Waals surface area (Å²) in [6.45, 7) is 5.52. The minimum Gasteiger partial charge on any atom is -0.444 e. The average Bonchev–Trinajstić information content (AvgIpc) is 2.38. The van der Waals surface area contributed by atoms with Gasteiger partial charge in [-0.3, -0.25) is 5.32 Å². The molecule has 20 heavy (non-hydrogen) atoms. The van der Waals surface area contributed by atoms with Gasteiger partial charge in [0.05, 0.1) is 0 Å². The third-order valence-electron chi connectivity index (χ3n) is 2.61. The highest BCUT2D eigenvalue weighted by molar-refractivity contribution is 5.86. The standard InChI is InChI=1S/C17H19NO2/c1-17(2,3)20-16(19)18-15-11-7-10-14(12-15)13-8-5-4-6-9-13/h4-12H,1-3H3,(H,18,19). The molecule has 0 radical (unpaired) electrons. The summed E-state index contributed by atoms with van der Waals surface area (Å²) in [6, 6.07) is 17.7. The van der Waals surface area contributed by atoms with Crippen molar-refractivity contribution in [2.75, 3.05) is 5.32 Å². The van der Waals surface area contributed by atoms with E-state index in [0.29, 0.717) is 0 Å². The molecule has 2 aromatic rings. The van der Waals surface area contributed by atoms with Crippen LogP contribution in [0.4, 0.5) is 10.5 Å². The van der Waals surface area contributed by atoms with E-state index in [2.05, 4.69) is 5.32 Å². The van der Waals surface area contributed by atoms with Crippen molar-refractivity contribution in [1.82, 2.24) is 0 Å². The third-order valence-corrected chi connectivity index (χ3v) is 2.61. The molecule has 0 unspecified atom stereocenters. The smallest absolute Gasteiger partial charge is 0.412 e. The Morgan fingerprint density at radius 3 is 2.25 bits per heavy atom. The number of amides is 1. The van der Waals surface area contributed by atoms with Crippen LogP contribution in [-0.4, -0.2) is 11.7 Å². The van der Waals surface area contributed by atoms with Crippen molar-refractivity contribution in [3.8, 4) is 11.1 Å². The van der Waals surface area contributed by atoms with Crippen LogP contribution in [0.25, 0.3) is 11.1 Å². The van der Waals surface area contributed by atoms with E-state index in [4.69, 9.17) is 4.74 Å². The lowest BCUT2D eigenvalue weighted by molar-refractivity contribution is 0.0636. The van der Waals surface area contributed by atoms with Crippen LogP contribution in [0, 0.1) is 0 Å². The second-order valence-electron chi connectivity index (χ2n) is 5.57. The summed E-state index contributed by atoms with van der Waals surface area (Å²) in [5.41, 5.74) is 2.39. The first-order valence-corrected chi connectivity index (χ1v) is 6.59. The van der Waals surface area contributed by atoms with E-state index in [1.807, 2.05) is 75.4 Å². The number of benzene rings is 2. The molecule has 0 atom stereocenters. The van der Waals surface area contributed by atoms with Crippen LogP contribution < -0.4 is 5.32 Å². The number of hydrogen-bond donors (Lipinski definition) is 1. The fourth-order valence-electron chi connectivity index (χ4n) is 1.83. The largest absolute Gasteiger partial charge is 0.444 e. The number of hydrogen-bond acceptors (Lipinski definition) is 2. The summed E-state index contributed by atoms with van der Waals surface area (Å²) in [6.07, 6.45) is -0.442. The fourth-order valence-corrected chi connectivity index (χ4v) is 1.83. The van der Waals surface area contributed by atoms with Gasteiger partial charge in [-0.05, 0) is 44.0 Å². The highest BCUT2D eigenvalue weighted by Gasteiger charge is 2.16. The van der Waals surface area contributed by atoms with Crippen molar-refractivity contribution in [1.29, 1.82) is 0 Å². The van der Waals surface area contributed by atoms with Crippen molar-refractivity contribution >= 4 is 11.8 Å². The molecule has 104 valence electrons. The fraction of sp³-hybridized carbons (Fsp3) is 0.235. The summed E-state index contributed by atoms with van der Waals surface area (Å²) in [4.78, 5) is 11.7. The van der Waals surface area contributed by atoms with Crippen LogP contribution in [0.1, 0.15) is 20.8 Å². The Morgan fingerprint density at radius 1 is 0.950 bits per heavy atom. The van der Waals surface area contributed by atoms with Crippen molar-refractivity contribution in [2.24, 2.45) is 0 Å².